The molecule has 1 aromatic heterocycles. The SMILES string of the molecule is CC1CN(c2ccc(NC(=O)CSc3cccc[n+]3[O-])cc2F)CC(C)O1. The zero-order valence-electron chi connectivity index (χ0n) is 15.2. The molecule has 1 fully saturated rings. The molecule has 1 aliphatic heterocycles. The number of carbonyl (C=O) groups excluding carboxylic acids is 1. The molecule has 1 amide bonds. The molecule has 2 aromatic rings. The van der Waals surface area contributed by atoms with Crippen molar-refractivity contribution in [2.75, 3.05) is 29.1 Å². The minimum Gasteiger partial charge on any atom is -0.618 e. The monoisotopic (exact) mass is 391 g/mol. The van der Waals surface area contributed by atoms with Gasteiger partial charge in [-0.15, -0.1) is 0 Å². The van der Waals surface area contributed by atoms with E-state index in [1.54, 1.807) is 30.3 Å². The van der Waals surface area contributed by atoms with Crippen molar-refractivity contribution in [3.05, 3.63) is 53.6 Å². The molecule has 0 saturated carbocycles. The lowest BCUT2D eigenvalue weighted by atomic mass is 10.2. The Bertz CT molecular complexity index is 811. The molecular formula is C19H22FN3O3S. The van der Waals surface area contributed by atoms with Crippen molar-refractivity contribution in [3.63, 3.8) is 0 Å². The van der Waals surface area contributed by atoms with E-state index in [4.69, 9.17) is 4.74 Å². The Kier molecular flexibility index (Phi) is 6.18. The normalized spacial score (nSPS) is 19.7. The number of aromatic nitrogens is 1. The first-order valence-corrected chi connectivity index (χ1v) is 9.71. The molecule has 27 heavy (non-hydrogen) atoms. The highest BCUT2D eigenvalue weighted by Gasteiger charge is 2.24. The number of carbonyl (C=O) groups is 1. The average molecular weight is 391 g/mol. The number of ether oxygens (including phenoxy) is 1. The van der Waals surface area contributed by atoms with Crippen LogP contribution in [-0.2, 0) is 9.53 Å². The van der Waals surface area contributed by atoms with Gasteiger partial charge in [-0.05, 0) is 49.9 Å². The van der Waals surface area contributed by atoms with E-state index in [0.717, 1.165) is 11.8 Å². The number of nitrogens with one attached hydrogen (secondary N) is 1. The smallest absolute Gasteiger partial charge is 0.251 e. The fourth-order valence-electron chi connectivity index (χ4n) is 3.08. The summed E-state index contributed by atoms with van der Waals surface area (Å²) in [5.74, 6) is -0.625. The molecule has 1 aliphatic rings. The van der Waals surface area contributed by atoms with E-state index < -0.39 is 0 Å². The fourth-order valence-corrected chi connectivity index (χ4v) is 3.79. The van der Waals surface area contributed by atoms with Gasteiger partial charge < -0.3 is 20.2 Å². The summed E-state index contributed by atoms with van der Waals surface area (Å²) in [5, 5.41) is 14.7. The average Bonchev–Trinajstić information content (AvgIpc) is 2.60. The number of morpholine rings is 1. The van der Waals surface area contributed by atoms with Gasteiger partial charge in [0.05, 0.1) is 23.6 Å². The van der Waals surface area contributed by atoms with Crippen molar-refractivity contribution < 1.29 is 18.7 Å². The molecule has 6 nitrogen and oxygen atoms in total. The van der Waals surface area contributed by atoms with Crippen molar-refractivity contribution >= 4 is 29.0 Å². The number of hydrogen-bond acceptors (Lipinski definition) is 5. The number of benzene rings is 1. The molecule has 3 rings (SSSR count). The van der Waals surface area contributed by atoms with Gasteiger partial charge in [0.1, 0.15) is 5.82 Å². The highest BCUT2D eigenvalue weighted by atomic mass is 32.2. The number of amides is 1. The summed E-state index contributed by atoms with van der Waals surface area (Å²) in [6.45, 7) is 5.17. The molecule has 8 heteroatoms. The molecular weight excluding hydrogens is 369 g/mol. The molecule has 1 aromatic carbocycles. The predicted molar refractivity (Wildman–Crippen MR) is 103 cm³/mol. The Morgan fingerprint density at radius 3 is 2.74 bits per heavy atom. The van der Waals surface area contributed by atoms with Crippen LogP contribution in [0.25, 0.3) is 0 Å². The Labute approximate surface area is 161 Å². The maximum Gasteiger partial charge on any atom is 0.251 e. The van der Waals surface area contributed by atoms with E-state index in [1.165, 1.54) is 12.3 Å². The third-order valence-electron chi connectivity index (χ3n) is 4.13. The summed E-state index contributed by atoms with van der Waals surface area (Å²) in [5.41, 5.74) is 0.889. The first kappa shape index (κ1) is 19.4. The highest BCUT2D eigenvalue weighted by molar-refractivity contribution is 7.99. The van der Waals surface area contributed by atoms with Gasteiger partial charge in [0.2, 0.25) is 5.91 Å². The number of rotatable bonds is 5. The lowest BCUT2D eigenvalue weighted by Gasteiger charge is -2.37. The number of hydrogen-bond donors (Lipinski definition) is 1. The van der Waals surface area contributed by atoms with Crippen LogP contribution in [0, 0.1) is 11.0 Å². The number of thioether (sulfide) groups is 1. The Morgan fingerprint density at radius 1 is 1.33 bits per heavy atom. The van der Waals surface area contributed by atoms with Crippen LogP contribution in [0.1, 0.15) is 13.8 Å². The van der Waals surface area contributed by atoms with Gasteiger partial charge in [-0.25, -0.2) is 4.39 Å². The minimum atomic E-state index is -0.387. The van der Waals surface area contributed by atoms with Crippen LogP contribution < -0.4 is 14.9 Å². The van der Waals surface area contributed by atoms with Gasteiger partial charge in [-0.2, -0.15) is 4.73 Å². The molecule has 0 spiro atoms. The van der Waals surface area contributed by atoms with Crippen LogP contribution in [0.2, 0.25) is 0 Å². The van der Waals surface area contributed by atoms with Gasteiger partial charge in [0.25, 0.3) is 5.03 Å². The summed E-state index contributed by atoms with van der Waals surface area (Å²) in [6, 6.07) is 9.67. The molecule has 1 saturated heterocycles. The van der Waals surface area contributed by atoms with Crippen molar-refractivity contribution in [3.8, 4) is 0 Å². The first-order valence-electron chi connectivity index (χ1n) is 8.73. The van der Waals surface area contributed by atoms with Gasteiger partial charge in [0.15, 0.2) is 6.20 Å². The minimum absolute atomic E-state index is 0.0336. The van der Waals surface area contributed by atoms with Gasteiger partial charge in [0, 0.05) is 30.9 Å². The Hall–Kier alpha value is -2.32. The van der Waals surface area contributed by atoms with Crippen molar-refractivity contribution in [1.82, 2.24) is 0 Å². The summed E-state index contributed by atoms with van der Waals surface area (Å²) in [4.78, 5) is 14.0. The number of nitrogens with zero attached hydrogens (tertiary/aromatic N) is 2. The van der Waals surface area contributed by atoms with E-state index in [9.17, 15) is 14.4 Å². The van der Waals surface area contributed by atoms with Crippen LogP contribution in [0.15, 0.2) is 47.6 Å². The molecule has 2 heterocycles. The number of anilines is 2. The fraction of sp³-hybridized carbons (Fsp3) is 0.368. The summed E-state index contributed by atoms with van der Waals surface area (Å²) in [6.07, 6.45) is 1.44. The molecule has 0 radical (unpaired) electrons. The summed E-state index contributed by atoms with van der Waals surface area (Å²) < 4.78 is 20.9. The van der Waals surface area contributed by atoms with Crippen LogP contribution in [0.3, 0.4) is 0 Å². The lowest BCUT2D eigenvalue weighted by Crippen LogP contribution is -2.45. The third-order valence-corrected chi connectivity index (χ3v) is 5.15. The molecule has 0 aliphatic carbocycles. The number of halogens is 1. The Morgan fingerprint density at radius 2 is 2.07 bits per heavy atom. The topological polar surface area (TPSA) is 68.5 Å². The van der Waals surface area contributed by atoms with E-state index in [0.29, 0.717) is 34.2 Å². The Balaban J connectivity index is 1.60. The predicted octanol–water partition coefficient (Wildman–Crippen LogP) is 2.80. The molecule has 144 valence electrons. The van der Waals surface area contributed by atoms with E-state index >= 15 is 0 Å². The summed E-state index contributed by atoms with van der Waals surface area (Å²) in [7, 11) is 0. The zero-order chi connectivity index (χ0) is 19.4. The second-order valence-corrected chi connectivity index (χ2v) is 7.53. The quantitative estimate of drug-likeness (QED) is 0.482. The zero-order valence-corrected chi connectivity index (χ0v) is 16.0. The van der Waals surface area contributed by atoms with Crippen LogP contribution in [0.4, 0.5) is 15.8 Å². The standard InChI is InChI=1S/C19H22FN3O3S/c1-13-10-22(11-14(2)26-13)17-7-6-15(9-16(17)20)21-18(24)12-27-19-5-3-4-8-23(19)25/h3-9,13-14H,10-12H2,1-2H3,(H,21,24). The van der Waals surface area contributed by atoms with Crippen LogP contribution >= 0.6 is 11.8 Å². The van der Waals surface area contributed by atoms with Crippen molar-refractivity contribution in [2.24, 2.45) is 0 Å². The van der Waals surface area contributed by atoms with E-state index in [-0.39, 0.29) is 29.7 Å². The van der Waals surface area contributed by atoms with E-state index in [1.807, 2.05) is 18.7 Å². The van der Waals surface area contributed by atoms with Crippen molar-refractivity contribution in [1.29, 1.82) is 0 Å². The largest absolute Gasteiger partial charge is 0.618 e. The first-order chi connectivity index (χ1) is 12.9. The van der Waals surface area contributed by atoms with Crippen LogP contribution in [0.5, 0.6) is 0 Å². The molecule has 2 unspecified atom stereocenters. The van der Waals surface area contributed by atoms with Gasteiger partial charge >= 0.3 is 0 Å². The van der Waals surface area contributed by atoms with Gasteiger partial charge in [-0.3, -0.25) is 4.79 Å². The maximum absolute atomic E-state index is 14.6. The molecule has 1 N–H and O–H groups in total. The second kappa shape index (κ2) is 8.58. The third kappa shape index (κ3) is 5.11. The molecule has 0 bridgehead atoms. The molecule has 2 atom stereocenters. The highest BCUT2D eigenvalue weighted by Crippen LogP contribution is 2.26. The summed E-state index contributed by atoms with van der Waals surface area (Å²) >= 11 is 1.13. The maximum atomic E-state index is 14.6. The lowest BCUT2D eigenvalue weighted by molar-refractivity contribution is -0.645. The van der Waals surface area contributed by atoms with Crippen molar-refractivity contribution in [2.45, 2.75) is 31.1 Å². The van der Waals surface area contributed by atoms with Crippen LogP contribution in [-0.4, -0.2) is 37.0 Å². The number of pyridine rings is 1. The second-order valence-electron chi connectivity index (χ2n) is 6.53. The van der Waals surface area contributed by atoms with E-state index in [2.05, 4.69) is 5.32 Å². The van der Waals surface area contributed by atoms with Gasteiger partial charge in [-0.1, -0.05) is 0 Å².